The van der Waals surface area contributed by atoms with Gasteiger partial charge in [0.05, 0.1) is 5.69 Å². The van der Waals surface area contributed by atoms with Crippen molar-refractivity contribution in [1.82, 2.24) is 0 Å². The predicted molar refractivity (Wildman–Crippen MR) is 303 cm³/mol. The highest BCUT2D eigenvalue weighted by molar-refractivity contribution is 7.00. The topological polar surface area (TPSA) is 9.72 Å². The standard InChI is InChI=1S/C66H74BN3/c1-42-34-49-51(64(10,11)33-32-63(49,8)9)39-56(42)70-57-40-52-50(65(12,13)41-66(52,14)15)38-54(57)67-53-35-44(62(5,6)7)28-31-55(53)69(47-29-26-43(27-30-47)61(2,3)4)58-36-48(37-59(70)60(58)67)68(45-22-18-16-19-23-45)46-24-20-17-21-25-46/h16-31,34-40H,32-33,41H2,1-15H3. The number of anilines is 9. The summed E-state index contributed by atoms with van der Waals surface area (Å²) in [5.74, 6) is 0. The van der Waals surface area contributed by atoms with E-state index < -0.39 is 0 Å². The molecule has 2 aliphatic heterocycles. The minimum Gasteiger partial charge on any atom is -0.311 e. The molecule has 0 saturated carbocycles. The largest absolute Gasteiger partial charge is 0.311 e. The van der Waals surface area contributed by atoms with Gasteiger partial charge in [0.25, 0.3) is 6.71 Å². The normalized spacial score (nSPS) is 17.8. The van der Waals surface area contributed by atoms with E-state index in [0.717, 1.165) is 29.9 Å². The van der Waals surface area contributed by atoms with Crippen molar-refractivity contribution in [2.75, 3.05) is 14.7 Å². The molecule has 356 valence electrons. The molecule has 0 fully saturated rings. The minimum atomic E-state index is -0.0403. The molecule has 3 nitrogen and oxygen atoms in total. The third kappa shape index (κ3) is 7.28. The molecule has 0 unspecified atom stereocenters. The van der Waals surface area contributed by atoms with Crippen molar-refractivity contribution < 1.29 is 0 Å². The van der Waals surface area contributed by atoms with Crippen LogP contribution in [0.25, 0.3) is 0 Å². The first-order valence-corrected chi connectivity index (χ1v) is 26.1. The van der Waals surface area contributed by atoms with Crippen LogP contribution in [0.3, 0.4) is 0 Å². The average Bonchev–Trinajstić information content (AvgIpc) is 3.48. The molecule has 0 aromatic heterocycles. The Kier molecular flexibility index (Phi) is 10.3. The lowest BCUT2D eigenvalue weighted by Crippen LogP contribution is -2.61. The molecule has 2 aliphatic carbocycles. The molecule has 0 radical (unpaired) electrons. The molecule has 0 spiro atoms. The highest BCUT2D eigenvalue weighted by Crippen LogP contribution is 2.55. The van der Waals surface area contributed by atoms with E-state index in [4.69, 9.17) is 0 Å². The highest BCUT2D eigenvalue weighted by atomic mass is 15.2. The fourth-order valence-electron chi connectivity index (χ4n) is 13.2. The van der Waals surface area contributed by atoms with Gasteiger partial charge in [0.2, 0.25) is 0 Å². The maximum absolute atomic E-state index is 2.73. The second-order valence-corrected chi connectivity index (χ2v) is 26.2. The molecule has 7 aromatic carbocycles. The molecule has 0 N–H and O–H groups in total. The van der Waals surface area contributed by atoms with Gasteiger partial charge < -0.3 is 14.7 Å². The number of benzene rings is 7. The number of hydrogen-bond donors (Lipinski definition) is 0. The Hall–Kier alpha value is -6.00. The molecule has 70 heavy (non-hydrogen) atoms. The fourth-order valence-corrected chi connectivity index (χ4v) is 13.2. The summed E-state index contributed by atoms with van der Waals surface area (Å²) in [6.45, 7) is 36.2. The number of rotatable bonds is 5. The lowest BCUT2D eigenvalue weighted by molar-refractivity contribution is 0.332. The van der Waals surface area contributed by atoms with Crippen LogP contribution in [-0.4, -0.2) is 6.71 Å². The van der Waals surface area contributed by atoms with Gasteiger partial charge in [-0.05, 0) is 181 Å². The summed E-state index contributed by atoms with van der Waals surface area (Å²) < 4.78 is 0. The number of nitrogens with zero attached hydrogens (tertiary/aromatic N) is 3. The van der Waals surface area contributed by atoms with Gasteiger partial charge in [-0.3, -0.25) is 0 Å². The molecule has 11 rings (SSSR count). The monoisotopic (exact) mass is 920 g/mol. The van der Waals surface area contributed by atoms with Gasteiger partial charge in [0, 0.05) is 45.5 Å². The summed E-state index contributed by atoms with van der Waals surface area (Å²) in [4.78, 5) is 7.81. The van der Waals surface area contributed by atoms with Crippen molar-refractivity contribution in [2.24, 2.45) is 0 Å². The van der Waals surface area contributed by atoms with Crippen LogP contribution in [0.4, 0.5) is 51.2 Å². The number of hydrogen-bond acceptors (Lipinski definition) is 3. The maximum atomic E-state index is 2.73. The van der Waals surface area contributed by atoms with E-state index in [2.05, 4.69) is 258 Å². The molecule has 7 aromatic rings. The van der Waals surface area contributed by atoms with Gasteiger partial charge >= 0.3 is 0 Å². The Balaban J connectivity index is 1.31. The average molecular weight is 920 g/mol. The third-order valence-electron chi connectivity index (χ3n) is 17.1. The summed E-state index contributed by atoms with van der Waals surface area (Å²) in [6, 6.07) is 54.4. The third-order valence-corrected chi connectivity index (χ3v) is 17.1. The lowest BCUT2D eigenvalue weighted by Gasteiger charge is -2.47. The quantitative estimate of drug-likeness (QED) is 0.159. The molecule has 4 aliphatic rings. The van der Waals surface area contributed by atoms with Crippen molar-refractivity contribution in [1.29, 1.82) is 0 Å². The van der Waals surface area contributed by atoms with Crippen LogP contribution in [0.15, 0.2) is 140 Å². The molecule has 0 saturated heterocycles. The van der Waals surface area contributed by atoms with E-state index in [0.29, 0.717) is 0 Å². The Morgan fingerprint density at radius 3 is 1.46 bits per heavy atom. The smallest absolute Gasteiger partial charge is 0.252 e. The number of aryl methyl sites for hydroxylation is 1. The van der Waals surface area contributed by atoms with E-state index in [-0.39, 0.29) is 39.2 Å². The second kappa shape index (κ2) is 15.5. The summed E-state index contributed by atoms with van der Waals surface area (Å²) in [5.41, 5.74) is 25.1. The van der Waals surface area contributed by atoms with E-state index >= 15 is 0 Å². The number of fused-ring (bicyclic) bond motifs is 6. The molecule has 0 bridgehead atoms. The van der Waals surface area contributed by atoms with Crippen molar-refractivity contribution in [3.63, 3.8) is 0 Å². The summed E-state index contributed by atoms with van der Waals surface area (Å²) in [5, 5.41) is 0. The zero-order chi connectivity index (χ0) is 49.7. The highest BCUT2D eigenvalue weighted by Gasteiger charge is 2.49. The van der Waals surface area contributed by atoms with Gasteiger partial charge in [-0.15, -0.1) is 0 Å². The van der Waals surface area contributed by atoms with Gasteiger partial charge in [-0.1, -0.05) is 170 Å². The van der Waals surface area contributed by atoms with Gasteiger partial charge in [-0.25, -0.2) is 0 Å². The van der Waals surface area contributed by atoms with Crippen LogP contribution in [0, 0.1) is 6.92 Å². The lowest BCUT2D eigenvalue weighted by atomic mass is 9.33. The Morgan fingerprint density at radius 1 is 0.429 bits per heavy atom. The molecule has 2 heterocycles. The van der Waals surface area contributed by atoms with Crippen LogP contribution in [0.2, 0.25) is 0 Å². The Bertz CT molecular complexity index is 3180. The van der Waals surface area contributed by atoms with Crippen LogP contribution in [-0.2, 0) is 32.5 Å². The molecule has 0 amide bonds. The minimum absolute atomic E-state index is 0.00674. The second-order valence-electron chi connectivity index (χ2n) is 26.2. The van der Waals surface area contributed by atoms with Gasteiger partial charge in [0.1, 0.15) is 0 Å². The number of para-hydroxylation sites is 2. The Labute approximate surface area is 421 Å². The fraction of sp³-hybridized carbons (Fsp3) is 0.364. The molecule has 4 heteroatoms. The molecular formula is C66H74BN3. The summed E-state index contributed by atoms with van der Waals surface area (Å²) in [7, 11) is 0. The van der Waals surface area contributed by atoms with Gasteiger partial charge in [-0.2, -0.15) is 0 Å². The predicted octanol–water partition coefficient (Wildman–Crippen LogP) is 16.5. The van der Waals surface area contributed by atoms with Crippen LogP contribution < -0.4 is 31.1 Å². The molecule has 0 atom stereocenters. The first-order chi connectivity index (χ1) is 32.9. The summed E-state index contributed by atoms with van der Waals surface area (Å²) in [6.07, 6.45) is 3.46. The summed E-state index contributed by atoms with van der Waals surface area (Å²) >= 11 is 0. The van der Waals surface area contributed by atoms with Crippen molar-refractivity contribution >= 4 is 74.3 Å². The van der Waals surface area contributed by atoms with Crippen LogP contribution in [0.1, 0.15) is 155 Å². The van der Waals surface area contributed by atoms with Crippen molar-refractivity contribution in [3.05, 3.63) is 178 Å². The van der Waals surface area contributed by atoms with Crippen LogP contribution in [0.5, 0.6) is 0 Å². The zero-order valence-electron chi connectivity index (χ0n) is 44.8. The first-order valence-electron chi connectivity index (χ1n) is 26.1. The zero-order valence-corrected chi connectivity index (χ0v) is 44.8. The van der Waals surface area contributed by atoms with E-state index in [1.165, 1.54) is 95.9 Å². The van der Waals surface area contributed by atoms with E-state index in [1.54, 1.807) is 0 Å². The first kappa shape index (κ1) is 46.4. The van der Waals surface area contributed by atoms with Crippen molar-refractivity contribution in [2.45, 2.75) is 156 Å². The van der Waals surface area contributed by atoms with Crippen LogP contribution >= 0.6 is 0 Å². The van der Waals surface area contributed by atoms with Gasteiger partial charge in [0.15, 0.2) is 0 Å². The van der Waals surface area contributed by atoms with E-state index in [1.807, 2.05) is 0 Å². The Morgan fingerprint density at radius 2 is 0.900 bits per heavy atom. The maximum Gasteiger partial charge on any atom is 0.252 e. The van der Waals surface area contributed by atoms with Crippen molar-refractivity contribution in [3.8, 4) is 0 Å². The van der Waals surface area contributed by atoms with E-state index in [9.17, 15) is 0 Å². The SMILES string of the molecule is Cc1cc2c(cc1N1c3cc4c(cc3B3c5cc(C(C)(C)C)ccc5N(c5ccc(C(C)(C)C)cc5)c5cc(N(c6ccccc6)c6ccccc6)cc1c53)C(C)(C)CC4(C)C)C(C)(C)CCC2(C)C. The molecular weight excluding hydrogens is 846 g/mol.